The van der Waals surface area contributed by atoms with Crippen molar-refractivity contribution in [2.45, 2.75) is 12.8 Å². The maximum absolute atomic E-state index is 16.2. The van der Waals surface area contributed by atoms with Gasteiger partial charge in [-0.2, -0.15) is 5.10 Å². The average molecular weight is 594 g/mol. The molecule has 44 heavy (non-hydrogen) atoms. The Balaban J connectivity index is 1.25. The molecule has 0 radical (unpaired) electrons. The van der Waals surface area contributed by atoms with Crippen LogP contribution in [0.5, 0.6) is 0 Å². The summed E-state index contributed by atoms with van der Waals surface area (Å²) in [4.78, 5) is 30.9. The van der Waals surface area contributed by atoms with Crippen LogP contribution in [-0.2, 0) is 4.79 Å². The van der Waals surface area contributed by atoms with Crippen LogP contribution >= 0.6 is 0 Å². The molecule has 12 heteroatoms. The lowest BCUT2D eigenvalue weighted by atomic mass is 10.0. The molecule has 0 unspecified atom stereocenters. The Hall–Kier alpha value is -5.23. The summed E-state index contributed by atoms with van der Waals surface area (Å²) in [5.74, 6) is -0.594. The largest absolute Gasteiger partial charge is 0.384 e. The highest BCUT2D eigenvalue weighted by atomic mass is 19.1. The molecule has 222 valence electrons. The standard InChI is InChI=1S/C32H29F2N9O/c1-43(2)10-9-36-21-12-18(11-20(33)14-21)24-7-8-37-30-28(24)39-31(40-30)29-26-25(41-42-29)6-5-23(27(26)34)19-13-22(16-35-15-19)38-32(44)17-3-4-17/h5-8,11-17,36H,3-4,9-10H2,1-2H3,(H,38,44)(H,41,42)(H,37,39,40). The number of pyridine rings is 2. The van der Waals surface area contributed by atoms with Crippen molar-refractivity contribution in [3.8, 4) is 33.8 Å². The number of aromatic nitrogens is 6. The molecule has 4 heterocycles. The van der Waals surface area contributed by atoms with E-state index in [1.54, 1.807) is 42.9 Å². The van der Waals surface area contributed by atoms with E-state index in [9.17, 15) is 9.18 Å². The fraction of sp³-hybridized carbons (Fsp3) is 0.219. The average Bonchev–Trinajstić information content (AvgIpc) is 3.62. The molecule has 1 amide bonds. The van der Waals surface area contributed by atoms with Gasteiger partial charge in [0.15, 0.2) is 11.5 Å². The molecule has 4 aromatic heterocycles. The second kappa shape index (κ2) is 11.1. The number of carbonyl (C=O) groups is 1. The number of benzene rings is 2. The van der Waals surface area contributed by atoms with Crippen molar-refractivity contribution in [3.63, 3.8) is 0 Å². The van der Waals surface area contributed by atoms with E-state index in [0.29, 0.717) is 62.7 Å². The molecular weight excluding hydrogens is 564 g/mol. The summed E-state index contributed by atoms with van der Waals surface area (Å²) in [6.07, 6.45) is 6.47. The van der Waals surface area contributed by atoms with Crippen LogP contribution in [0.3, 0.4) is 0 Å². The summed E-state index contributed by atoms with van der Waals surface area (Å²) in [5, 5.41) is 13.6. The number of anilines is 2. The first-order valence-corrected chi connectivity index (χ1v) is 14.3. The van der Waals surface area contributed by atoms with Gasteiger partial charge in [-0.25, -0.2) is 18.7 Å². The number of carbonyl (C=O) groups excluding carboxylic acids is 1. The topological polar surface area (TPSA) is 128 Å². The molecular formula is C32H29F2N9O. The number of aromatic amines is 2. The maximum atomic E-state index is 16.2. The summed E-state index contributed by atoms with van der Waals surface area (Å²) in [7, 11) is 3.95. The summed E-state index contributed by atoms with van der Waals surface area (Å²) >= 11 is 0. The number of nitrogens with zero attached hydrogens (tertiary/aromatic N) is 5. The number of rotatable bonds is 9. The molecule has 0 saturated heterocycles. The van der Waals surface area contributed by atoms with Gasteiger partial charge in [0, 0.05) is 53.8 Å². The second-order valence-electron chi connectivity index (χ2n) is 11.2. The summed E-state index contributed by atoms with van der Waals surface area (Å²) in [6.45, 7) is 1.45. The molecule has 2 aromatic carbocycles. The van der Waals surface area contributed by atoms with Crippen molar-refractivity contribution in [2.75, 3.05) is 37.8 Å². The van der Waals surface area contributed by atoms with E-state index in [2.05, 4.69) is 35.8 Å². The number of nitrogens with one attached hydrogen (secondary N) is 4. The third-order valence-corrected chi connectivity index (χ3v) is 7.64. The van der Waals surface area contributed by atoms with E-state index in [4.69, 9.17) is 4.98 Å². The number of hydrogen-bond acceptors (Lipinski definition) is 7. The molecule has 1 saturated carbocycles. The van der Waals surface area contributed by atoms with E-state index in [-0.39, 0.29) is 28.7 Å². The third-order valence-electron chi connectivity index (χ3n) is 7.64. The summed E-state index contributed by atoms with van der Waals surface area (Å²) in [5.41, 5.74) is 5.01. The minimum atomic E-state index is -0.508. The fourth-order valence-corrected chi connectivity index (χ4v) is 5.24. The Morgan fingerprint density at radius 1 is 1.02 bits per heavy atom. The molecule has 0 aliphatic heterocycles. The second-order valence-corrected chi connectivity index (χ2v) is 11.2. The summed E-state index contributed by atoms with van der Waals surface area (Å²) in [6, 6.07) is 11.6. The highest BCUT2D eigenvalue weighted by Gasteiger charge is 2.29. The van der Waals surface area contributed by atoms with E-state index < -0.39 is 5.82 Å². The van der Waals surface area contributed by atoms with Gasteiger partial charge in [0.05, 0.1) is 22.8 Å². The monoisotopic (exact) mass is 593 g/mol. The lowest BCUT2D eigenvalue weighted by Crippen LogP contribution is -2.20. The van der Waals surface area contributed by atoms with Crippen LogP contribution in [0.15, 0.2) is 61.1 Å². The lowest BCUT2D eigenvalue weighted by Gasteiger charge is -2.12. The van der Waals surface area contributed by atoms with Crippen LogP contribution < -0.4 is 10.6 Å². The number of hydrogen-bond donors (Lipinski definition) is 4. The number of imidazole rings is 1. The van der Waals surface area contributed by atoms with Gasteiger partial charge in [-0.15, -0.1) is 0 Å². The van der Waals surface area contributed by atoms with E-state index in [1.165, 1.54) is 12.1 Å². The van der Waals surface area contributed by atoms with Crippen LogP contribution in [-0.4, -0.2) is 68.1 Å². The van der Waals surface area contributed by atoms with Crippen LogP contribution in [0, 0.1) is 17.6 Å². The number of H-pyrrole nitrogens is 2. The van der Waals surface area contributed by atoms with Crippen molar-refractivity contribution in [3.05, 3.63) is 72.7 Å². The van der Waals surface area contributed by atoms with Crippen molar-refractivity contribution < 1.29 is 13.6 Å². The Morgan fingerprint density at radius 2 is 1.86 bits per heavy atom. The van der Waals surface area contributed by atoms with Gasteiger partial charge in [0.2, 0.25) is 5.91 Å². The minimum Gasteiger partial charge on any atom is -0.384 e. The van der Waals surface area contributed by atoms with E-state index in [1.807, 2.05) is 25.1 Å². The predicted octanol–water partition coefficient (Wildman–Crippen LogP) is 5.83. The van der Waals surface area contributed by atoms with Crippen molar-refractivity contribution >= 4 is 39.3 Å². The number of fused-ring (bicyclic) bond motifs is 2. The Labute approximate surface area is 250 Å². The van der Waals surface area contributed by atoms with Gasteiger partial charge in [-0.05, 0) is 75.0 Å². The zero-order chi connectivity index (χ0) is 30.4. The molecule has 1 aliphatic rings. The SMILES string of the molecule is CN(C)CCNc1cc(F)cc(-c2ccnc3[nH]c(-c4n[nH]c5ccc(-c6cncc(NC(=O)C7CC7)c6)c(F)c45)nc23)c1. The Bertz CT molecular complexity index is 2030. The van der Waals surface area contributed by atoms with E-state index >= 15 is 4.39 Å². The minimum absolute atomic E-state index is 0.0340. The van der Waals surface area contributed by atoms with Gasteiger partial charge in [0.1, 0.15) is 22.8 Å². The lowest BCUT2D eigenvalue weighted by molar-refractivity contribution is -0.117. The van der Waals surface area contributed by atoms with Crippen LogP contribution in [0.1, 0.15) is 12.8 Å². The smallest absolute Gasteiger partial charge is 0.227 e. The van der Waals surface area contributed by atoms with Crippen LogP contribution in [0.25, 0.3) is 55.8 Å². The first kappa shape index (κ1) is 27.6. The first-order valence-electron chi connectivity index (χ1n) is 14.3. The zero-order valence-electron chi connectivity index (χ0n) is 24.1. The molecule has 6 aromatic rings. The maximum Gasteiger partial charge on any atom is 0.227 e. The van der Waals surface area contributed by atoms with Gasteiger partial charge < -0.3 is 20.5 Å². The number of amides is 1. The Morgan fingerprint density at radius 3 is 2.68 bits per heavy atom. The van der Waals surface area contributed by atoms with Crippen molar-refractivity contribution in [1.29, 1.82) is 0 Å². The highest BCUT2D eigenvalue weighted by molar-refractivity contribution is 5.99. The molecule has 0 atom stereocenters. The number of halogens is 2. The molecule has 10 nitrogen and oxygen atoms in total. The molecule has 0 spiro atoms. The quantitative estimate of drug-likeness (QED) is 0.166. The molecule has 4 N–H and O–H groups in total. The van der Waals surface area contributed by atoms with Gasteiger partial charge in [-0.1, -0.05) is 0 Å². The van der Waals surface area contributed by atoms with Gasteiger partial charge in [0.25, 0.3) is 0 Å². The van der Waals surface area contributed by atoms with Crippen LogP contribution in [0.4, 0.5) is 20.2 Å². The number of likely N-dealkylation sites (N-methyl/N-ethyl adjacent to an activating group) is 1. The zero-order valence-corrected chi connectivity index (χ0v) is 24.1. The van der Waals surface area contributed by atoms with Crippen molar-refractivity contribution in [2.24, 2.45) is 5.92 Å². The molecule has 1 aliphatic carbocycles. The fourth-order valence-electron chi connectivity index (χ4n) is 5.24. The predicted molar refractivity (Wildman–Crippen MR) is 166 cm³/mol. The summed E-state index contributed by atoms with van der Waals surface area (Å²) < 4.78 is 30.9. The van der Waals surface area contributed by atoms with Crippen molar-refractivity contribution in [1.82, 2.24) is 35.0 Å². The van der Waals surface area contributed by atoms with E-state index in [0.717, 1.165) is 19.4 Å². The molecule has 7 rings (SSSR count). The first-order chi connectivity index (χ1) is 21.3. The third kappa shape index (κ3) is 5.35. The van der Waals surface area contributed by atoms with Crippen LogP contribution in [0.2, 0.25) is 0 Å². The normalized spacial score (nSPS) is 13.2. The molecule has 1 fully saturated rings. The Kier molecular flexibility index (Phi) is 6.97. The molecule has 0 bridgehead atoms. The van der Waals surface area contributed by atoms with Gasteiger partial charge in [-0.3, -0.25) is 14.9 Å². The highest BCUT2D eigenvalue weighted by Crippen LogP contribution is 2.36. The van der Waals surface area contributed by atoms with Gasteiger partial charge >= 0.3 is 0 Å².